The summed E-state index contributed by atoms with van der Waals surface area (Å²) in [4.78, 5) is 29.7. The van der Waals surface area contributed by atoms with E-state index in [0.29, 0.717) is 18.4 Å². The van der Waals surface area contributed by atoms with Crippen LogP contribution in [0, 0.1) is 11.3 Å². The molecule has 0 aromatic heterocycles. The van der Waals surface area contributed by atoms with Crippen molar-refractivity contribution in [2.75, 3.05) is 0 Å². The van der Waals surface area contributed by atoms with Crippen LogP contribution in [-0.2, 0) is 14.4 Å². The van der Waals surface area contributed by atoms with Crippen LogP contribution < -0.4 is 10.8 Å². The zero-order chi connectivity index (χ0) is 17.5. The molecular weight excluding hydrogens is 292 g/mol. The second kappa shape index (κ2) is 9.26. The van der Waals surface area contributed by atoms with Crippen molar-refractivity contribution in [3.63, 3.8) is 0 Å². The van der Waals surface area contributed by atoms with Gasteiger partial charge in [0.25, 0.3) is 0 Å². The second-order valence-electron chi connectivity index (χ2n) is 8.16. The highest BCUT2D eigenvalue weighted by Crippen LogP contribution is 2.18. The number of hydrogen-bond donors (Lipinski definition) is 2. The first-order valence-corrected chi connectivity index (χ1v) is 8.94. The molecule has 134 valence electrons. The maximum atomic E-state index is 12.2. The molecule has 0 radical (unpaired) electrons. The van der Waals surface area contributed by atoms with E-state index in [4.69, 9.17) is 4.84 Å². The summed E-state index contributed by atoms with van der Waals surface area (Å²) in [5, 5.41) is 3.11. The Hall–Kier alpha value is -1.10. The molecule has 0 aromatic rings. The summed E-state index contributed by atoms with van der Waals surface area (Å²) in [5.41, 5.74) is 2.01. The van der Waals surface area contributed by atoms with Gasteiger partial charge < -0.3 is 5.32 Å². The molecule has 0 spiro atoms. The van der Waals surface area contributed by atoms with E-state index in [1.54, 1.807) is 0 Å². The number of hydroxylamine groups is 1. The number of carbonyl (C=O) groups excluding carboxylic acids is 2. The number of hydrogen-bond acceptors (Lipinski definition) is 3. The minimum absolute atomic E-state index is 0.0209. The minimum atomic E-state index is -0.507. The Morgan fingerprint density at radius 1 is 1.13 bits per heavy atom. The molecule has 5 heteroatoms. The van der Waals surface area contributed by atoms with Crippen LogP contribution in [0.2, 0.25) is 0 Å². The van der Waals surface area contributed by atoms with Crippen molar-refractivity contribution in [2.24, 2.45) is 11.3 Å². The Morgan fingerprint density at radius 2 is 1.74 bits per heavy atom. The van der Waals surface area contributed by atoms with Gasteiger partial charge in [0.1, 0.15) is 0 Å². The largest absolute Gasteiger partial charge is 0.353 e. The summed E-state index contributed by atoms with van der Waals surface area (Å²) < 4.78 is 0. The normalized spacial score (nSPS) is 17.8. The molecule has 0 bridgehead atoms. The van der Waals surface area contributed by atoms with Gasteiger partial charge in [0, 0.05) is 11.5 Å². The molecule has 0 saturated heterocycles. The van der Waals surface area contributed by atoms with Crippen LogP contribution in [0.25, 0.3) is 0 Å². The topological polar surface area (TPSA) is 67.4 Å². The fourth-order valence-electron chi connectivity index (χ4n) is 2.73. The Bertz CT molecular complexity index is 382. The van der Waals surface area contributed by atoms with Crippen LogP contribution in [0.3, 0.4) is 0 Å². The molecule has 1 atom stereocenters. The summed E-state index contributed by atoms with van der Waals surface area (Å²) in [5.74, 6) is 0.250. The molecule has 2 amide bonds. The summed E-state index contributed by atoms with van der Waals surface area (Å²) in [7, 11) is 0. The van der Waals surface area contributed by atoms with Crippen molar-refractivity contribution in [1.82, 2.24) is 10.8 Å². The van der Waals surface area contributed by atoms with Crippen LogP contribution in [0.1, 0.15) is 79.6 Å². The van der Waals surface area contributed by atoms with E-state index in [0.717, 1.165) is 19.3 Å². The van der Waals surface area contributed by atoms with Crippen LogP contribution in [0.4, 0.5) is 0 Å². The maximum absolute atomic E-state index is 12.2. The predicted molar refractivity (Wildman–Crippen MR) is 91.6 cm³/mol. The van der Waals surface area contributed by atoms with Gasteiger partial charge in [-0.2, -0.15) is 0 Å². The SMILES string of the molecule is CC(C)C[C@H](CC(=O)NC1CCCCC1)ONC(=O)C(C)(C)C. The molecule has 0 unspecified atom stereocenters. The van der Waals surface area contributed by atoms with E-state index in [9.17, 15) is 9.59 Å². The lowest BCUT2D eigenvalue weighted by molar-refractivity contribution is -0.150. The molecule has 23 heavy (non-hydrogen) atoms. The fourth-order valence-corrected chi connectivity index (χ4v) is 2.73. The van der Waals surface area contributed by atoms with E-state index in [-0.39, 0.29) is 17.9 Å². The number of nitrogens with one attached hydrogen (secondary N) is 2. The Labute approximate surface area is 140 Å². The predicted octanol–water partition coefficient (Wildman–Crippen LogP) is 3.33. The van der Waals surface area contributed by atoms with Crippen molar-refractivity contribution in [2.45, 2.75) is 91.7 Å². The molecule has 2 N–H and O–H groups in total. The third-order valence-electron chi connectivity index (χ3n) is 4.12. The van der Waals surface area contributed by atoms with Crippen LogP contribution >= 0.6 is 0 Å². The molecule has 1 aliphatic rings. The Morgan fingerprint density at radius 3 is 2.26 bits per heavy atom. The molecule has 1 rings (SSSR count). The molecular formula is C18H34N2O3. The van der Waals surface area contributed by atoms with Crippen molar-refractivity contribution < 1.29 is 14.4 Å². The number of amides is 2. The molecule has 0 heterocycles. The zero-order valence-corrected chi connectivity index (χ0v) is 15.4. The first-order valence-electron chi connectivity index (χ1n) is 8.94. The first-order chi connectivity index (χ1) is 10.7. The number of carbonyl (C=O) groups is 2. The van der Waals surface area contributed by atoms with Gasteiger partial charge in [-0.3, -0.25) is 14.4 Å². The molecule has 1 aliphatic carbocycles. The highest BCUT2D eigenvalue weighted by atomic mass is 16.7. The van der Waals surface area contributed by atoms with Gasteiger partial charge in [0.15, 0.2) is 0 Å². The third-order valence-corrected chi connectivity index (χ3v) is 4.12. The summed E-state index contributed by atoms with van der Waals surface area (Å²) >= 11 is 0. The molecule has 1 saturated carbocycles. The lowest BCUT2D eigenvalue weighted by Crippen LogP contribution is -2.41. The Balaban J connectivity index is 2.46. The van der Waals surface area contributed by atoms with Gasteiger partial charge in [-0.05, 0) is 25.2 Å². The highest BCUT2D eigenvalue weighted by Gasteiger charge is 2.25. The van der Waals surface area contributed by atoms with Gasteiger partial charge >= 0.3 is 0 Å². The molecule has 0 aromatic carbocycles. The van der Waals surface area contributed by atoms with E-state index >= 15 is 0 Å². The molecule has 5 nitrogen and oxygen atoms in total. The first kappa shape index (κ1) is 19.9. The van der Waals surface area contributed by atoms with Gasteiger partial charge in [0.05, 0.1) is 12.5 Å². The smallest absolute Gasteiger partial charge is 0.248 e. The fraction of sp³-hybridized carbons (Fsp3) is 0.889. The quantitative estimate of drug-likeness (QED) is 0.705. The van der Waals surface area contributed by atoms with Gasteiger partial charge in [0.2, 0.25) is 11.8 Å². The van der Waals surface area contributed by atoms with Gasteiger partial charge in [-0.1, -0.05) is 53.9 Å². The second-order valence-corrected chi connectivity index (χ2v) is 8.16. The highest BCUT2D eigenvalue weighted by molar-refractivity contribution is 5.80. The summed E-state index contributed by atoms with van der Waals surface area (Å²) in [6, 6.07) is 0.306. The van der Waals surface area contributed by atoms with Crippen LogP contribution in [0.15, 0.2) is 0 Å². The third kappa shape index (κ3) is 8.35. The van der Waals surface area contributed by atoms with Gasteiger partial charge in [-0.25, -0.2) is 5.48 Å². The average Bonchev–Trinajstić information content (AvgIpc) is 2.43. The Kier molecular flexibility index (Phi) is 8.03. The van der Waals surface area contributed by atoms with E-state index in [2.05, 4.69) is 24.6 Å². The van der Waals surface area contributed by atoms with Crippen LogP contribution in [-0.4, -0.2) is 24.0 Å². The lowest BCUT2D eigenvalue weighted by atomic mass is 9.95. The van der Waals surface area contributed by atoms with Crippen molar-refractivity contribution in [3.05, 3.63) is 0 Å². The number of rotatable bonds is 7. The maximum Gasteiger partial charge on any atom is 0.248 e. The standard InChI is InChI=1S/C18H34N2O3/c1-13(2)11-15(23-20-17(22)18(3,4)5)12-16(21)19-14-9-7-6-8-10-14/h13-15H,6-12H2,1-5H3,(H,19,21)(H,20,22)/t15-/m1/s1. The van der Waals surface area contributed by atoms with Crippen molar-refractivity contribution >= 4 is 11.8 Å². The summed E-state index contributed by atoms with van der Waals surface area (Å²) in [6.07, 6.45) is 6.54. The minimum Gasteiger partial charge on any atom is -0.353 e. The molecule has 0 aliphatic heterocycles. The average molecular weight is 326 g/mol. The zero-order valence-electron chi connectivity index (χ0n) is 15.4. The van der Waals surface area contributed by atoms with Crippen molar-refractivity contribution in [1.29, 1.82) is 0 Å². The molecule has 1 fully saturated rings. The lowest BCUT2D eigenvalue weighted by Gasteiger charge is -2.25. The van der Waals surface area contributed by atoms with E-state index in [1.807, 2.05) is 20.8 Å². The van der Waals surface area contributed by atoms with E-state index in [1.165, 1.54) is 19.3 Å². The van der Waals surface area contributed by atoms with E-state index < -0.39 is 5.41 Å². The van der Waals surface area contributed by atoms with Crippen LogP contribution in [0.5, 0.6) is 0 Å². The monoisotopic (exact) mass is 326 g/mol. The summed E-state index contributed by atoms with van der Waals surface area (Å²) in [6.45, 7) is 9.67. The van der Waals surface area contributed by atoms with Crippen molar-refractivity contribution in [3.8, 4) is 0 Å². The van der Waals surface area contributed by atoms with Gasteiger partial charge in [-0.15, -0.1) is 0 Å².